The van der Waals surface area contributed by atoms with Gasteiger partial charge in [0.05, 0.1) is 22.8 Å². The Hall–Kier alpha value is -6.62. The van der Waals surface area contributed by atoms with E-state index in [0.29, 0.717) is 38.7 Å². The van der Waals surface area contributed by atoms with Crippen LogP contribution in [0.15, 0.2) is 109 Å². The molecule has 0 aliphatic heterocycles. The molecule has 0 radical (unpaired) electrons. The maximum absolute atomic E-state index is 11.9. The van der Waals surface area contributed by atoms with Crippen molar-refractivity contribution in [3.63, 3.8) is 0 Å². The second kappa shape index (κ2) is 19.1. The van der Waals surface area contributed by atoms with Gasteiger partial charge in [-0.1, -0.05) is 28.7 Å². The van der Waals surface area contributed by atoms with E-state index < -0.39 is 12.8 Å². The van der Waals surface area contributed by atoms with Crippen LogP contribution in [-0.2, 0) is 6.54 Å². The number of nitrogens with zero attached hydrogens (tertiary/aromatic N) is 11. The zero-order valence-corrected chi connectivity index (χ0v) is 31.0. The predicted molar refractivity (Wildman–Crippen MR) is 197 cm³/mol. The van der Waals surface area contributed by atoms with Gasteiger partial charge in [0, 0.05) is 78.1 Å². The molecule has 7 rings (SSSR count). The number of hydrogen-bond acceptors (Lipinski definition) is 17. The lowest BCUT2D eigenvalue weighted by Gasteiger charge is -2.07. The van der Waals surface area contributed by atoms with Gasteiger partial charge in [-0.15, -0.1) is 0 Å². The van der Waals surface area contributed by atoms with E-state index in [1.807, 2.05) is 19.4 Å². The van der Waals surface area contributed by atoms with Crippen molar-refractivity contribution in [2.24, 2.45) is 0 Å². The Balaban J connectivity index is 0.000000164. The Bertz CT molecular complexity index is 2470. The molecule has 0 spiro atoms. The third kappa shape index (κ3) is 12.2. The summed E-state index contributed by atoms with van der Waals surface area (Å²) in [6.45, 7) is 0.602. The fourth-order valence-corrected chi connectivity index (χ4v) is 4.77. The van der Waals surface area contributed by atoms with Crippen LogP contribution in [0.2, 0.25) is 0 Å². The Kier molecular flexibility index (Phi) is 13.8. The van der Waals surface area contributed by atoms with E-state index in [9.17, 15) is 27.6 Å². The Morgan fingerprint density at radius 3 is 1.62 bits per heavy atom. The molecule has 0 saturated heterocycles. The van der Waals surface area contributed by atoms with Crippen LogP contribution in [0.5, 0.6) is 6.01 Å². The maximum atomic E-state index is 11.9. The summed E-state index contributed by atoms with van der Waals surface area (Å²) in [4.78, 5) is 57.4. The largest absolute Gasteiger partial charge is 0.454 e. The molecule has 0 unspecified atom stereocenters. The number of rotatable bonds is 9. The van der Waals surface area contributed by atoms with Crippen molar-refractivity contribution in [3.8, 4) is 39.8 Å². The standard InChI is InChI=1S/C14H13N5O2S.C10H7F3N4O2.C9H8N4OS/c1-9-5-11(21-18-9)8-19-13(20)4-3-12(17-19)10-6-15-14(22-2)16-7-10;11-10(12,13)5-19-9-14-3-6(4-15-9)7-1-2-8(18)17-16-7;1-15-9-10-4-6(5-11-9)7-2-3-8(14)13-12-7/h3-7H,8H2,1-2H3;1-4H,5H2,(H,17,18);2-5H,1H3,(H,13,14). The van der Waals surface area contributed by atoms with E-state index in [4.69, 9.17) is 4.52 Å². The summed E-state index contributed by atoms with van der Waals surface area (Å²) in [7, 11) is 0. The molecule has 7 aromatic rings. The lowest BCUT2D eigenvalue weighted by molar-refractivity contribution is -0.154. The van der Waals surface area contributed by atoms with Crippen molar-refractivity contribution in [2.75, 3.05) is 19.1 Å². The minimum atomic E-state index is -4.44. The number of alkyl halides is 3. The molecule has 0 fully saturated rings. The number of hydrogen-bond donors (Lipinski definition) is 2. The van der Waals surface area contributed by atoms with E-state index in [1.54, 1.807) is 43.0 Å². The zero-order valence-electron chi connectivity index (χ0n) is 29.3. The van der Waals surface area contributed by atoms with Gasteiger partial charge < -0.3 is 9.26 Å². The molecule has 0 aromatic carbocycles. The quantitative estimate of drug-likeness (QED) is 0.155. The summed E-state index contributed by atoms with van der Waals surface area (Å²) in [5.74, 6) is 0.582. The van der Waals surface area contributed by atoms with Gasteiger partial charge in [0.15, 0.2) is 22.7 Å². The van der Waals surface area contributed by atoms with Crippen LogP contribution >= 0.6 is 23.5 Å². The van der Waals surface area contributed by atoms with E-state index in [-0.39, 0.29) is 29.2 Å². The van der Waals surface area contributed by atoms with Crippen molar-refractivity contribution in [1.82, 2.24) is 65.2 Å². The highest BCUT2D eigenvalue weighted by molar-refractivity contribution is 7.98. The van der Waals surface area contributed by atoms with Crippen LogP contribution in [0, 0.1) is 6.92 Å². The van der Waals surface area contributed by atoms with E-state index in [1.165, 1.54) is 64.9 Å². The summed E-state index contributed by atoms with van der Waals surface area (Å²) in [5, 5.41) is 21.7. The highest BCUT2D eigenvalue weighted by atomic mass is 32.2. The number of aromatic nitrogens is 13. The Labute approximate surface area is 321 Å². The first-order chi connectivity index (χ1) is 26.9. The van der Waals surface area contributed by atoms with Crippen molar-refractivity contribution < 1.29 is 22.4 Å². The molecule has 288 valence electrons. The van der Waals surface area contributed by atoms with E-state index >= 15 is 0 Å². The lowest BCUT2D eigenvalue weighted by atomic mass is 10.2. The summed E-state index contributed by atoms with van der Waals surface area (Å²) in [6.07, 6.45) is 8.61. The van der Waals surface area contributed by atoms with Gasteiger partial charge in [-0.2, -0.15) is 28.5 Å². The molecule has 23 heteroatoms. The average Bonchev–Trinajstić information content (AvgIpc) is 3.63. The molecule has 7 heterocycles. The predicted octanol–water partition coefficient (Wildman–Crippen LogP) is 3.88. The second-order valence-electron chi connectivity index (χ2n) is 10.8. The number of ether oxygens (including phenoxy) is 1. The topological polar surface area (TPSA) is 239 Å². The first-order valence-corrected chi connectivity index (χ1v) is 18.2. The minimum Gasteiger partial charge on any atom is -0.454 e. The molecule has 2 N–H and O–H groups in total. The van der Waals surface area contributed by atoms with Gasteiger partial charge in [0.1, 0.15) is 6.54 Å². The molecule has 7 aromatic heterocycles. The Morgan fingerprint density at radius 1 is 0.714 bits per heavy atom. The molecule has 0 aliphatic rings. The fourth-order valence-electron chi connectivity index (χ4n) is 4.14. The van der Waals surface area contributed by atoms with Gasteiger partial charge in [0.25, 0.3) is 16.7 Å². The monoisotopic (exact) mass is 807 g/mol. The van der Waals surface area contributed by atoms with Crippen LogP contribution in [0.4, 0.5) is 13.2 Å². The lowest BCUT2D eigenvalue weighted by Crippen LogP contribution is -2.22. The van der Waals surface area contributed by atoms with E-state index in [0.717, 1.165) is 16.8 Å². The SMILES string of the molecule is CSc1ncc(-c2ccc(=O)[nH]n2)cn1.CSc1ncc(-c2ccc(=O)n(Cc3cc(C)no3)n2)cn1.O=c1ccc(-c2cnc(OCC(F)(F)F)nc2)n[nH]1. The number of nitrogens with one attached hydrogen (secondary N) is 2. The third-order valence-electron chi connectivity index (χ3n) is 6.71. The molecule has 0 saturated carbocycles. The number of aryl methyl sites for hydroxylation is 1. The van der Waals surface area contributed by atoms with Crippen molar-refractivity contribution in [2.45, 2.75) is 30.0 Å². The first kappa shape index (κ1) is 40.6. The minimum absolute atomic E-state index is 0.209. The van der Waals surface area contributed by atoms with E-state index in [2.05, 4.69) is 65.3 Å². The molecule has 18 nitrogen and oxygen atoms in total. The van der Waals surface area contributed by atoms with Gasteiger partial charge in [0.2, 0.25) is 0 Å². The molecule has 0 atom stereocenters. The molecular weight excluding hydrogens is 780 g/mol. The maximum Gasteiger partial charge on any atom is 0.422 e. The molecule has 0 bridgehead atoms. The summed E-state index contributed by atoms with van der Waals surface area (Å²) >= 11 is 2.94. The van der Waals surface area contributed by atoms with Gasteiger partial charge in [-0.25, -0.2) is 44.8 Å². The summed E-state index contributed by atoms with van der Waals surface area (Å²) in [5.41, 5.74) is 3.61. The van der Waals surface area contributed by atoms with Crippen molar-refractivity contribution in [1.29, 1.82) is 0 Å². The van der Waals surface area contributed by atoms with Crippen LogP contribution in [0.1, 0.15) is 11.5 Å². The average molecular weight is 808 g/mol. The van der Waals surface area contributed by atoms with Crippen LogP contribution in [-0.4, -0.2) is 90.5 Å². The first-order valence-electron chi connectivity index (χ1n) is 15.8. The smallest absolute Gasteiger partial charge is 0.422 e. The summed E-state index contributed by atoms with van der Waals surface area (Å²) in [6, 6.07) is 10.3. The zero-order chi connectivity index (χ0) is 40.1. The van der Waals surface area contributed by atoms with Crippen molar-refractivity contribution >= 4 is 23.5 Å². The van der Waals surface area contributed by atoms with Gasteiger partial charge in [-0.3, -0.25) is 14.4 Å². The van der Waals surface area contributed by atoms with Gasteiger partial charge >= 0.3 is 12.2 Å². The number of halogens is 3. The molecular formula is C33H28F3N13O5S2. The fraction of sp³-hybridized carbons (Fsp3) is 0.182. The Morgan fingerprint density at radius 2 is 1.20 bits per heavy atom. The second-order valence-corrected chi connectivity index (χ2v) is 12.4. The normalized spacial score (nSPS) is 10.8. The van der Waals surface area contributed by atoms with Crippen molar-refractivity contribution in [3.05, 3.63) is 122 Å². The van der Waals surface area contributed by atoms with Crippen LogP contribution in [0.25, 0.3) is 33.8 Å². The highest BCUT2D eigenvalue weighted by Crippen LogP contribution is 2.19. The number of H-pyrrole nitrogens is 2. The molecule has 0 aliphatic carbocycles. The number of thioether (sulfide) groups is 2. The van der Waals surface area contributed by atoms with Crippen LogP contribution < -0.4 is 21.4 Å². The third-order valence-corrected chi connectivity index (χ3v) is 7.86. The molecule has 56 heavy (non-hydrogen) atoms. The molecule has 0 amide bonds. The number of aromatic amines is 2. The van der Waals surface area contributed by atoms with Crippen LogP contribution in [0.3, 0.4) is 0 Å². The summed E-state index contributed by atoms with van der Waals surface area (Å²) < 4.78 is 46.5. The highest BCUT2D eigenvalue weighted by Gasteiger charge is 2.29. The van der Waals surface area contributed by atoms with Gasteiger partial charge in [-0.05, 0) is 37.6 Å².